The summed E-state index contributed by atoms with van der Waals surface area (Å²) in [6, 6.07) is 13.9. The van der Waals surface area contributed by atoms with Crippen molar-refractivity contribution in [1.29, 1.82) is 0 Å². The van der Waals surface area contributed by atoms with Crippen molar-refractivity contribution in [2.75, 3.05) is 0 Å². The Morgan fingerprint density at radius 1 is 1.11 bits per heavy atom. The number of halogens is 1. The molecule has 5 heteroatoms. The van der Waals surface area contributed by atoms with Crippen LogP contribution in [0.4, 0.5) is 5.69 Å². The van der Waals surface area contributed by atoms with Crippen LogP contribution in [0.25, 0.3) is 0 Å². The van der Waals surface area contributed by atoms with E-state index in [1.807, 2.05) is 24.3 Å². The zero-order valence-corrected chi connectivity index (χ0v) is 11.0. The quantitative estimate of drug-likeness (QED) is 0.635. The Bertz CT molecular complexity index is 554. The van der Waals surface area contributed by atoms with Gasteiger partial charge in [0.15, 0.2) is 0 Å². The second-order valence-electron chi connectivity index (χ2n) is 3.64. The summed E-state index contributed by atoms with van der Waals surface area (Å²) in [5.74, 6) is 0.746. The smallest absolute Gasteiger partial charge is 0.269 e. The summed E-state index contributed by atoms with van der Waals surface area (Å²) in [5.41, 5.74) is 0.969. The number of ether oxygens (including phenoxy) is 1. The first-order valence-corrected chi connectivity index (χ1v) is 6.07. The van der Waals surface area contributed by atoms with Crippen LogP contribution in [0, 0.1) is 10.1 Å². The van der Waals surface area contributed by atoms with E-state index in [0.29, 0.717) is 6.61 Å². The summed E-state index contributed by atoms with van der Waals surface area (Å²) in [4.78, 5) is 10.1. The molecule has 0 radical (unpaired) electrons. The molecule has 0 atom stereocenters. The lowest BCUT2D eigenvalue weighted by Crippen LogP contribution is -1.96. The molecular formula is C13H10BrNO3. The highest BCUT2D eigenvalue weighted by atomic mass is 79.9. The molecule has 0 spiro atoms. The molecule has 2 rings (SSSR count). The Morgan fingerprint density at radius 3 is 2.39 bits per heavy atom. The monoisotopic (exact) mass is 307 g/mol. The molecule has 0 aliphatic rings. The Labute approximate surface area is 112 Å². The molecule has 0 heterocycles. The second kappa shape index (κ2) is 5.64. The number of nitrogens with zero attached hydrogens (tertiary/aromatic N) is 1. The highest BCUT2D eigenvalue weighted by Gasteiger charge is 2.05. The van der Waals surface area contributed by atoms with Crippen LogP contribution in [0.15, 0.2) is 53.0 Å². The van der Waals surface area contributed by atoms with Gasteiger partial charge in [-0.3, -0.25) is 10.1 Å². The van der Waals surface area contributed by atoms with Crippen molar-refractivity contribution in [3.05, 3.63) is 68.7 Å². The average molecular weight is 308 g/mol. The SMILES string of the molecule is O=[N+]([O-])c1ccc(COc2ccccc2Br)cc1. The van der Waals surface area contributed by atoms with Crippen LogP contribution in [0.2, 0.25) is 0 Å². The number of rotatable bonds is 4. The fourth-order valence-electron chi connectivity index (χ4n) is 1.44. The molecule has 18 heavy (non-hydrogen) atoms. The van der Waals surface area contributed by atoms with Crippen LogP contribution in [-0.2, 0) is 6.61 Å². The van der Waals surface area contributed by atoms with Crippen LogP contribution in [0.1, 0.15) is 5.56 Å². The maximum absolute atomic E-state index is 10.5. The van der Waals surface area contributed by atoms with Gasteiger partial charge in [0.25, 0.3) is 5.69 Å². The Hall–Kier alpha value is -1.88. The summed E-state index contributed by atoms with van der Waals surface area (Å²) >= 11 is 3.39. The van der Waals surface area contributed by atoms with Gasteiger partial charge in [0.1, 0.15) is 12.4 Å². The van der Waals surface area contributed by atoms with Gasteiger partial charge in [-0.2, -0.15) is 0 Å². The van der Waals surface area contributed by atoms with Gasteiger partial charge in [-0.25, -0.2) is 0 Å². The van der Waals surface area contributed by atoms with Crippen LogP contribution >= 0.6 is 15.9 Å². The van der Waals surface area contributed by atoms with Crippen molar-refractivity contribution in [2.24, 2.45) is 0 Å². The molecular weight excluding hydrogens is 298 g/mol. The van der Waals surface area contributed by atoms with E-state index in [4.69, 9.17) is 4.74 Å². The molecule has 0 unspecified atom stereocenters. The van der Waals surface area contributed by atoms with Gasteiger partial charge in [-0.1, -0.05) is 12.1 Å². The number of benzene rings is 2. The first kappa shape index (κ1) is 12.6. The van der Waals surface area contributed by atoms with E-state index in [2.05, 4.69) is 15.9 Å². The Kier molecular flexibility index (Phi) is 3.94. The zero-order valence-electron chi connectivity index (χ0n) is 9.38. The normalized spacial score (nSPS) is 10.1. The van der Waals surface area contributed by atoms with E-state index in [-0.39, 0.29) is 5.69 Å². The standard InChI is InChI=1S/C13H10BrNO3/c14-12-3-1-2-4-13(12)18-9-10-5-7-11(8-6-10)15(16)17/h1-8H,9H2. The maximum atomic E-state index is 10.5. The highest BCUT2D eigenvalue weighted by molar-refractivity contribution is 9.10. The molecule has 0 N–H and O–H groups in total. The summed E-state index contributed by atoms with van der Waals surface area (Å²) in [5, 5.41) is 10.5. The predicted molar refractivity (Wildman–Crippen MR) is 71.6 cm³/mol. The van der Waals surface area contributed by atoms with Crippen molar-refractivity contribution in [1.82, 2.24) is 0 Å². The molecule has 2 aromatic carbocycles. The van der Waals surface area contributed by atoms with Crippen molar-refractivity contribution in [3.8, 4) is 5.75 Å². The lowest BCUT2D eigenvalue weighted by Gasteiger charge is -2.07. The number of nitro groups is 1. The largest absolute Gasteiger partial charge is 0.488 e. The molecule has 0 amide bonds. The topological polar surface area (TPSA) is 52.4 Å². The highest BCUT2D eigenvalue weighted by Crippen LogP contribution is 2.24. The first-order chi connectivity index (χ1) is 8.66. The van der Waals surface area contributed by atoms with Crippen LogP contribution < -0.4 is 4.74 Å². The fourth-order valence-corrected chi connectivity index (χ4v) is 1.84. The number of hydrogen-bond acceptors (Lipinski definition) is 3. The second-order valence-corrected chi connectivity index (χ2v) is 4.50. The number of hydrogen-bond donors (Lipinski definition) is 0. The van der Waals surface area contributed by atoms with Crippen molar-refractivity contribution in [3.63, 3.8) is 0 Å². The summed E-state index contributed by atoms with van der Waals surface area (Å²) in [6.45, 7) is 0.376. The number of non-ortho nitro benzene ring substituents is 1. The Balaban J connectivity index is 2.02. The van der Waals surface area contributed by atoms with E-state index in [9.17, 15) is 10.1 Å². The summed E-state index contributed by atoms with van der Waals surface area (Å²) in [7, 11) is 0. The van der Waals surface area contributed by atoms with Gasteiger partial charge in [0.2, 0.25) is 0 Å². The molecule has 2 aromatic rings. The van der Waals surface area contributed by atoms with Gasteiger partial charge in [-0.15, -0.1) is 0 Å². The minimum absolute atomic E-state index is 0.0830. The molecule has 0 aliphatic carbocycles. The van der Waals surface area contributed by atoms with Gasteiger partial charge >= 0.3 is 0 Å². The molecule has 0 saturated carbocycles. The molecule has 0 fully saturated rings. The van der Waals surface area contributed by atoms with E-state index in [0.717, 1.165) is 15.8 Å². The van der Waals surface area contributed by atoms with Crippen molar-refractivity contribution in [2.45, 2.75) is 6.61 Å². The van der Waals surface area contributed by atoms with Gasteiger partial charge < -0.3 is 4.74 Å². The van der Waals surface area contributed by atoms with Gasteiger partial charge in [0, 0.05) is 12.1 Å². The van der Waals surface area contributed by atoms with E-state index in [1.54, 1.807) is 12.1 Å². The van der Waals surface area contributed by atoms with E-state index in [1.165, 1.54) is 12.1 Å². The van der Waals surface area contributed by atoms with Crippen LogP contribution in [-0.4, -0.2) is 4.92 Å². The Morgan fingerprint density at radius 2 is 1.78 bits per heavy atom. The fraction of sp³-hybridized carbons (Fsp3) is 0.0769. The van der Waals surface area contributed by atoms with Gasteiger partial charge in [0.05, 0.1) is 9.40 Å². The lowest BCUT2D eigenvalue weighted by atomic mass is 10.2. The van der Waals surface area contributed by atoms with Crippen molar-refractivity contribution < 1.29 is 9.66 Å². The predicted octanol–water partition coefficient (Wildman–Crippen LogP) is 3.94. The maximum Gasteiger partial charge on any atom is 0.269 e. The molecule has 0 saturated heterocycles. The summed E-state index contributed by atoms with van der Waals surface area (Å²) in [6.07, 6.45) is 0. The van der Waals surface area contributed by atoms with Crippen molar-refractivity contribution >= 4 is 21.6 Å². The van der Waals surface area contributed by atoms with Crippen LogP contribution in [0.3, 0.4) is 0 Å². The molecule has 0 bridgehead atoms. The zero-order chi connectivity index (χ0) is 13.0. The lowest BCUT2D eigenvalue weighted by molar-refractivity contribution is -0.384. The van der Waals surface area contributed by atoms with Gasteiger partial charge in [-0.05, 0) is 45.8 Å². The minimum atomic E-state index is -0.418. The average Bonchev–Trinajstić information content (AvgIpc) is 2.38. The number of para-hydroxylation sites is 1. The van der Waals surface area contributed by atoms with E-state index < -0.39 is 4.92 Å². The third-order valence-electron chi connectivity index (χ3n) is 2.38. The van der Waals surface area contributed by atoms with Crippen LogP contribution in [0.5, 0.6) is 5.75 Å². The molecule has 0 aromatic heterocycles. The third-order valence-corrected chi connectivity index (χ3v) is 3.03. The summed E-state index contributed by atoms with van der Waals surface area (Å²) < 4.78 is 6.49. The molecule has 4 nitrogen and oxygen atoms in total. The molecule has 92 valence electrons. The third kappa shape index (κ3) is 3.07. The molecule has 0 aliphatic heterocycles. The minimum Gasteiger partial charge on any atom is -0.488 e. The van der Waals surface area contributed by atoms with E-state index >= 15 is 0 Å². The number of nitro benzene ring substituents is 1. The first-order valence-electron chi connectivity index (χ1n) is 5.27.